The zero-order chi connectivity index (χ0) is 11.9. The Bertz CT molecular complexity index is 376. The van der Waals surface area contributed by atoms with Crippen LogP contribution in [0.3, 0.4) is 0 Å². The molecule has 0 atom stereocenters. The van der Waals surface area contributed by atoms with Crippen LogP contribution in [-0.4, -0.2) is 34.7 Å². The topological polar surface area (TPSA) is 81.4 Å². The van der Waals surface area contributed by atoms with Crippen molar-refractivity contribution in [3.63, 3.8) is 0 Å². The first-order valence-corrected chi connectivity index (χ1v) is 6.51. The number of ether oxygens (including phenoxy) is 1. The third kappa shape index (κ3) is 5.22. The molecule has 0 amide bonds. The van der Waals surface area contributed by atoms with Gasteiger partial charge < -0.3 is 10.1 Å². The summed E-state index contributed by atoms with van der Waals surface area (Å²) in [5.41, 5.74) is 0. The van der Waals surface area contributed by atoms with E-state index in [1.165, 1.54) is 12.1 Å². The van der Waals surface area contributed by atoms with E-state index in [4.69, 9.17) is 9.88 Å². The number of rotatable bonds is 1. The predicted molar refractivity (Wildman–Crippen MR) is 61.5 cm³/mol. The number of primary sulfonamides is 1. The van der Waals surface area contributed by atoms with E-state index in [2.05, 4.69) is 5.32 Å². The summed E-state index contributed by atoms with van der Waals surface area (Å²) in [7, 11) is -3.50. The standard InChI is InChI=1S/C6H7NO2S.C4H9NO/c7-10(8,9)6-4-2-1-3-5-6;1-3-6-4-2-5-1/h1-5H,(H2,7,8,9);5H,1-4H2. The number of hydrogen-bond donors (Lipinski definition) is 2. The van der Waals surface area contributed by atoms with E-state index in [0.29, 0.717) is 0 Å². The van der Waals surface area contributed by atoms with Gasteiger partial charge in [-0.15, -0.1) is 0 Å². The molecule has 1 saturated heterocycles. The van der Waals surface area contributed by atoms with Crippen LogP contribution >= 0.6 is 0 Å². The van der Waals surface area contributed by atoms with Crippen molar-refractivity contribution in [3.8, 4) is 0 Å². The summed E-state index contributed by atoms with van der Waals surface area (Å²) in [5, 5.41) is 7.99. The molecule has 0 radical (unpaired) electrons. The largest absolute Gasteiger partial charge is 0.379 e. The Morgan fingerprint density at radius 2 is 1.69 bits per heavy atom. The maximum absolute atomic E-state index is 10.6. The van der Waals surface area contributed by atoms with Crippen LogP contribution in [0.4, 0.5) is 0 Å². The minimum atomic E-state index is -3.50. The van der Waals surface area contributed by atoms with E-state index in [-0.39, 0.29) is 4.90 Å². The Kier molecular flexibility index (Phi) is 5.41. The van der Waals surface area contributed by atoms with Crippen molar-refractivity contribution < 1.29 is 13.2 Å². The fraction of sp³-hybridized carbons (Fsp3) is 0.400. The van der Waals surface area contributed by atoms with Gasteiger partial charge in [0.2, 0.25) is 10.0 Å². The molecule has 0 bridgehead atoms. The van der Waals surface area contributed by atoms with Crippen LogP contribution in [0.5, 0.6) is 0 Å². The van der Waals surface area contributed by atoms with Crippen LogP contribution in [0.25, 0.3) is 0 Å². The summed E-state index contributed by atoms with van der Waals surface area (Å²) in [6.45, 7) is 3.83. The highest BCUT2D eigenvalue weighted by Crippen LogP contribution is 2.02. The molecule has 1 aliphatic heterocycles. The zero-order valence-electron chi connectivity index (χ0n) is 8.93. The molecule has 16 heavy (non-hydrogen) atoms. The van der Waals surface area contributed by atoms with Crippen molar-refractivity contribution in [2.45, 2.75) is 4.90 Å². The molecule has 1 fully saturated rings. The molecule has 0 aromatic heterocycles. The maximum atomic E-state index is 10.6. The van der Waals surface area contributed by atoms with Crippen molar-refractivity contribution in [2.24, 2.45) is 5.14 Å². The van der Waals surface area contributed by atoms with Gasteiger partial charge >= 0.3 is 0 Å². The first kappa shape index (κ1) is 13.1. The summed E-state index contributed by atoms with van der Waals surface area (Å²) in [6, 6.07) is 7.89. The van der Waals surface area contributed by atoms with Gasteiger partial charge in [0.1, 0.15) is 0 Å². The van der Waals surface area contributed by atoms with Crippen molar-refractivity contribution in [2.75, 3.05) is 26.3 Å². The molecule has 1 aliphatic rings. The highest BCUT2D eigenvalue weighted by Gasteiger charge is 2.03. The smallest absolute Gasteiger partial charge is 0.238 e. The van der Waals surface area contributed by atoms with E-state index >= 15 is 0 Å². The Morgan fingerprint density at radius 1 is 1.12 bits per heavy atom. The molecule has 1 heterocycles. The Hall–Kier alpha value is -0.950. The second kappa shape index (κ2) is 6.59. The van der Waals surface area contributed by atoms with Gasteiger partial charge in [0, 0.05) is 13.1 Å². The molecule has 0 unspecified atom stereocenters. The predicted octanol–water partition coefficient (Wildman–Crippen LogP) is -0.0598. The van der Waals surface area contributed by atoms with Crippen LogP contribution in [0, 0.1) is 0 Å². The second-order valence-electron chi connectivity index (χ2n) is 3.22. The normalized spacial score (nSPS) is 16.1. The van der Waals surface area contributed by atoms with Crippen LogP contribution in [0.2, 0.25) is 0 Å². The molecule has 2 rings (SSSR count). The molecule has 6 heteroatoms. The maximum Gasteiger partial charge on any atom is 0.238 e. The minimum absolute atomic E-state index is 0.148. The van der Waals surface area contributed by atoms with Crippen LogP contribution in [0.15, 0.2) is 35.2 Å². The van der Waals surface area contributed by atoms with E-state index in [9.17, 15) is 8.42 Å². The fourth-order valence-electron chi connectivity index (χ4n) is 1.13. The van der Waals surface area contributed by atoms with Crippen LogP contribution in [0.1, 0.15) is 0 Å². The lowest BCUT2D eigenvalue weighted by molar-refractivity contribution is 0.109. The molecule has 0 aliphatic carbocycles. The zero-order valence-corrected chi connectivity index (χ0v) is 9.74. The first-order valence-electron chi connectivity index (χ1n) is 4.97. The minimum Gasteiger partial charge on any atom is -0.379 e. The lowest BCUT2D eigenvalue weighted by Crippen LogP contribution is -2.30. The van der Waals surface area contributed by atoms with Crippen LogP contribution < -0.4 is 10.5 Å². The van der Waals surface area contributed by atoms with Crippen molar-refractivity contribution in [1.29, 1.82) is 0 Å². The number of hydrogen-bond acceptors (Lipinski definition) is 4. The monoisotopic (exact) mass is 244 g/mol. The lowest BCUT2D eigenvalue weighted by Gasteiger charge is -2.10. The first-order chi connectivity index (χ1) is 7.61. The van der Waals surface area contributed by atoms with Crippen molar-refractivity contribution >= 4 is 10.0 Å². The fourth-order valence-corrected chi connectivity index (χ4v) is 1.66. The lowest BCUT2D eigenvalue weighted by atomic mass is 10.4. The van der Waals surface area contributed by atoms with Crippen LogP contribution in [-0.2, 0) is 14.8 Å². The van der Waals surface area contributed by atoms with Gasteiger partial charge in [-0.05, 0) is 12.1 Å². The van der Waals surface area contributed by atoms with Gasteiger partial charge in [-0.25, -0.2) is 13.6 Å². The second-order valence-corrected chi connectivity index (χ2v) is 4.78. The summed E-state index contributed by atoms with van der Waals surface area (Å²) < 4.78 is 26.2. The number of nitrogens with two attached hydrogens (primary N) is 1. The molecule has 1 aromatic rings. The molecule has 1 aromatic carbocycles. The molecule has 5 nitrogen and oxygen atoms in total. The van der Waals surface area contributed by atoms with Gasteiger partial charge in [0.05, 0.1) is 18.1 Å². The SMILES string of the molecule is C1COCCN1.NS(=O)(=O)c1ccccc1. The van der Waals surface area contributed by atoms with E-state index in [1.807, 2.05) is 0 Å². The van der Waals surface area contributed by atoms with Gasteiger partial charge in [-0.2, -0.15) is 0 Å². The van der Waals surface area contributed by atoms with Crippen molar-refractivity contribution in [3.05, 3.63) is 30.3 Å². The number of nitrogens with one attached hydrogen (secondary N) is 1. The quantitative estimate of drug-likeness (QED) is 0.725. The number of morpholine rings is 1. The van der Waals surface area contributed by atoms with Gasteiger partial charge in [-0.1, -0.05) is 18.2 Å². The van der Waals surface area contributed by atoms with Gasteiger partial charge in [0.25, 0.3) is 0 Å². The van der Waals surface area contributed by atoms with E-state index < -0.39 is 10.0 Å². The summed E-state index contributed by atoms with van der Waals surface area (Å²) >= 11 is 0. The van der Waals surface area contributed by atoms with E-state index in [0.717, 1.165) is 26.3 Å². The Morgan fingerprint density at radius 3 is 1.94 bits per heavy atom. The Balaban J connectivity index is 0.000000181. The molecule has 0 spiro atoms. The average molecular weight is 244 g/mol. The van der Waals surface area contributed by atoms with Crippen molar-refractivity contribution in [1.82, 2.24) is 5.32 Å². The average Bonchev–Trinajstić information content (AvgIpc) is 2.32. The molecular formula is C10H16N2O3S. The highest BCUT2D eigenvalue weighted by atomic mass is 32.2. The highest BCUT2D eigenvalue weighted by molar-refractivity contribution is 7.89. The molecule has 90 valence electrons. The third-order valence-corrected chi connectivity index (χ3v) is 2.85. The Labute approximate surface area is 95.7 Å². The third-order valence-electron chi connectivity index (χ3n) is 1.92. The van der Waals surface area contributed by atoms with Gasteiger partial charge in [0.15, 0.2) is 0 Å². The number of benzene rings is 1. The summed E-state index contributed by atoms with van der Waals surface area (Å²) in [5.74, 6) is 0. The van der Waals surface area contributed by atoms with Gasteiger partial charge in [-0.3, -0.25) is 0 Å². The van der Waals surface area contributed by atoms with E-state index in [1.54, 1.807) is 18.2 Å². The summed E-state index contributed by atoms with van der Waals surface area (Å²) in [4.78, 5) is 0.148. The number of sulfonamides is 1. The molecule has 3 N–H and O–H groups in total. The molecular weight excluding hydrogens is 228 g/mol. The molecule has 0 saturated carbocycles. The summed E-state index contributed by atoms with van der Waals surface area (Å²) in [6.07, 6.45) is 0.